The van der Waals surface area contributed by atoms with Crippen LogP contribution in [0.1, 0.15) is 38.3 Å². The molecule has 0 radical (unpaired) electrons. The molecule has 3 heterocycles. The van der Waals surface area contributed by atoms with Gasteiger partial charge in [0.15, 0.2) is 5.82 Å². The van der Waals surface area contributed by atoms with Gasteiger partial charge in [-0.25, -0.2) is 9.67 Å². The van der Waals surface area contributed by atoms with Crippen LogP contribution in [0, 0.1) is 0 Å². The van der Waals surface area contributed by atoms with Crippen molar-refractivity contribution < 1.29 is 0 Å². The van der Waals surface area contributed by atoms with Gasteiger partial charge in [0, 0.05) is 51.7 Å². The summed E-state index contributed by atoms with van der Waals surface area (Å²) in [6, 6.07) is 0. The summed E-state index contributed by atoms with van der Waals surface area (Å²) in [5, 5.41) is 12.1. The smallest absolute Gasteiger partial charge is 0.165 e. The number of rotatable bonds is 8. The molecule has 0 spiro atoms. The van der Waals surface area contributed by atoms with Gasteiger partial charge in [0.2, 0.25) is 0 Å². The van der Waals surface area contributed by atoms with E-state index in [4.69, 9.17) is 0 Å². The highest BCUT2D eigenvalue weighted by molar-refractivity contribution is 4.93. The Morgan fingerprint density at radius 1 is 1.00 bits per heavy atom. The van der Waals surface area contributed by atoms with Gasteiger partial charge in [-0.15, -0.1) is 5.10 Å². The Balaban J connectivity index is 1.48. The van der Waals surface area contributed by atoms with Crippen LogP contribution in [0.25, 0.3) is 0 Å². The summed E-state index contributed by atoms with van der Waals surface area (Å²) in [6.07, 6.45) is 6.23. The third kappa shape index (κ3) is 4.18. The van der Waals surface area contributed by atoms with Gasteiger partial charge in [0.1, 0.15) is 5.82 Å². The Morgan fingerprint density at radius 2 is 1.71 bits per heavy atom. The average Bonchev–Trinajstić information content (AvgIpc) is 3.23. The van der Waals surface area contributed by atoms with Gasteiger partial charge in [0.05, 0.1) is 13.1 Å². The quantitative estimate of drug-likeness (QED) is 0.719. The second kappa shape index (κ2) is 8.34. The van der Waals surface area contributed by atoms with Crippen molar-refractivity contribution in [2.24, 2.45) is 0 Å². The van der Waals surface area contributed by atoms with Crippen molar-refractivity contribution in [2.45, 2.75) is 52.9 Å². The van der Waals surface area contributed by atoms with Crippen LogP contribution in [0.15, 0.2) is 12.4 Å². The van der Waals surface area contributed by atoms with Crippen molar-refractivity contribution in [3.8, 4) is 0 Å². The van der Waals surface area contributed by atoms with Crippen LogP contribution in [0.4, 0.5) is 0 Å². The predicted octanol–water partition coefficient (Wildman–Crippen LogP) is 1.01. The maximum absolute atomic E-state index is 4.48. The largest absolute Gasteiger partial charge is 0.334 e. The molecule has 3 rings (SSSR count). The summed E-state index contributed by atoms with van der Waals surface area (Å²) in [6.45, 7) is 12.2. The lowest BCUT2D eigenvalue weighted by Crippen LogP contribution is -2.46. The van der Waals surface area contributed by atoms with Crippen molar-refractivity contribution in [3.05, 3.63) is 24.0 Å². The van der Waals surface area contributed by atoms with E-state index in [2.05, 4.69) is 54.9 Å². The van der Waals surface area contributed by atoms with E-state index >= 15 is 0 Å². The number of unbranched alkanes of at least 4 members (excludes halogenated alkanes) is 1. The fourth-order valence-corrected chi connectivity index (χ4v) is 3.10. The lowest BCUT2D eigenvalue weighted by atomic mass is 10.3. The van der Waals surface area contributed by atoms with E-state index in [1.807, 2.05) is 10.9 Å². The third-order valence-corrected chi connectivity index (χ3v) is 4.67. The standard InChI is InChI=1S/C16H28N8/c1-3-5-7-24-16(18-19-20-24)14-22-11-9-21(10-12-22)13-15-17-6-8-23(15)4-2/h6,8H,3-5,7,9-14H2,1-2H3. The van der Waals surface area contributed by atoms with E-state index in [1.54, 1.807) is 0 Å². The van der Waals surface area contributed by atoms with E-state index in [0.29, 0.717) is 0 Å². The molecule has 0 bridgehead atoms. The molecule has 0 N–H and O–H groups in total. The molecule has 0 aliphatic carbocycles. The number of hydrogen-bond acceptors (Lipinski definition) is 6. The Labute approximate surface area is 143 Å². The molecule has 2 aromatic rings. The van der Waals surface area contributed by atoms with E-state index in [1.165, 1.54) is 0 Å². The molecule has 0 aromatic carbocycles. The van der Waals surface area contributed by atoms with Gasteiger partial charge in [0.25, 0.3) is 0 Å². The predicted molar refractivity (Wildman–Crippen MR) is 91.2 cm³/mol. The average molecular weight is 332 g/mol. The summed E-state index contributed by atoms with van der Waals surface area (Å²) in [7, 11) is 0. The first-order chi connectivity index (χ1) is 11.8. The first kappa shape index (κ1) is 17.0. The van der Waals surface area contributed by atoms with E-state index in [9.17, 15) is 0 Å². The van der Waals surface area contributed by atoms with Crippen LogP contribution >= 0.6 is 0 Å². The monoisotopic (exact) mass is 332 g/mol. The fraction of sp³-hybridized carbons (Fsp3) is 0.750. The Bertz CT molecular complexity index is 611. The normalized spacial score (nSPS) is 16.8. The van der Waals surface area contributed by atoms with Crippen LogP contribution in [-0.2, 0) is 26.2 Å². The number of hydrogen-bond donors (Lipinski definition) is 0. The summed E-state index contributed by atoms with van der Waals surface area (Å²) >= 11 is 0. The van der Waals surface area contributed by atoms with Gasteiger partial charge in [-0.05, 0) is 23.8 Å². The van der Waals surface area contributed by atoms with Crippen molar-refractivity contribution in [2.75, 3.05) is 26.2 Å². The molecule has 8 heteroatoms. The van der Waals surface area contributed by atoms with Crippen LogP contribution in [0.2, 0.25) is 0 Å². The number of piperazine rings is 1. The lowest BCUT2D eigenvalue weighted by Gasteiger charge is -2.34. The van der Waals surface area contributed by atoms with Gasteiger partial charge in [-0.3, -0.25) is 9.80 Å². The van der Waals surface area contributed by atoms with E-state index < -0.39 is 0 Å². The molecule has 132 valence electrons. The van der Waals surface area contributed by atoms with Crippen LogP contribution < -0.4 is 0 Å². The molecule has 0 amide bonds. The summed E-state index contributed by atoms with van der Waals surface area (Å²) in [5.41, 5.74) is 0. The zero-order valence-electron chi connectivity index (χ0n) is 14.8. The maximum atomic E-state index is 4.48. The van der Waals surface area contributed by atoms with Gasteiger partial charge < -0.3 is 4.57 Å². The lowest BCUT2D eigenvalue weighted by molar-refractivity contribution is 0.115. The maximum Gasteiger partial charge on any atom is 0.165 e. The summed E-state index contributed by atoms with van der Waals surface area (Å²) < 4.78 is 4.17. The Hall–Kier alpha value is -1.80. The Kier molecular flexibility index (Phi) is 5.92. The first-order valence-corrected chi connectivity index (χ1v) is 9.00. The van der Waals surface area contributed by atoms with Crippen molar-refractivity contribution in [3.63, 3.8) is 0 Å². The molecule has 2 aromatic heterocycles. The molecule has 0 saturated carbocycles. The van der Waals surface area contributed by atoms with Gasteiger partial charge >= 0.3 is 0 Å². The minimum absolute atomic E-state index is 0.841. The highest BCUT2D eigenvalue weighted by Crippen LogP contribution is 2.10. The zero-order chi connectivity index (χ0) is 16.8. The molecule has 24 heavy (non-hydrogen) atoms. The molecule has 1 saturated heterocycles. The highest BCUT2D eigenvalue weighted by atomic mass is 15.5. The topological polar surface area (TPSA) is 67.9 Å². The van der Waals surface area contributed by atoms with Crippen molar-refractivity contribution in [1.29, 1.82) is 0 Å². The second-order valence-corrected chi connectivity index (χ2v) is 6.35. The number of aromatic nitrogens is 6. The minimum Gasteiger partial charge on any atom is -0.334 e. The molecule has 0 atom stereocenters. The third-order valence-electron chi connectivity index (χ3n) is 4.67. The summed E-state index contributed by atoms with van der Waals surface area (Å²) in [4.78, 5) is 9.40. The van der Waals surface area contributed by atoms with Crippen molar-refractivity contribution in [1.82, 2.24) is 39.6 Å². The molecule has 0 unspecified atom stereocenters. The van der Waals surface area contributed by atoms with Crippen LogP contribution in [0.5, 0.6) is 0 Å². The molecule has 1 aliphatic heterocycles. The van der Waals surface area contributed by atoms with E-state index in [-0.39, 0.29) is 0 Å². The minimum atomic E-state index is 0.841. The molecule has 1 aliphatic rings. The Morgan fingerprint density at radius 3 is 2.38 bits per heavy atom. The second-order valence-electron chi connectivity index (χ2n) is 6.35. The van der Waals surface area contributed by atoms with Crippen LogP contribution in [0.3, 0.4) is 0 Å². The highest BCUT2D eigenvalue weighted by Gasteiger charge is 2.20. The molecular weight excluding hydrogens is 304 g/mol. The van der Waals surface area contributed by atoms with Gasteiger partial charge in [-0.1, -0.05) is 13.3 Å². The molecule has 8 nitrogen and oxygen atoms in total. The zero-order valence-corrected chi connectivity index (χ0v) is 14.8. The number of imidazole rings is 1. The SMILES string of the molecule is CCCCn1nnnc1CN1CCN(Cc2nccn2CC)CC1. The van der Waals surface area contributed by atoms with E-state index in [0.717, 1.165) is 76.8 Å². The number of tetrazole rings is 1. The first-order valence-electron chi connectivity index (χ1n) is 9.00. The number of aryl methyl sites for hydroxylation is 2. The molecular formula is C16H28N8. The fourth-order valence-electron chi connectivity index (χ4n) is 3.10. The summed E-state index contributed by atoms with van der Waals surface area (Å²) in [5.74, 6) is 2.15. The molecule has 1 fully saturated rings. The number of nitrogens with zero attached hydrogens (tertiary/aromatic N) is 8. The van der Waals surface area contributed by atoms with Crippen LogP contribution in [-0.4, -0.2) is 65.7 Å². The van der Waals surface area contributed by atoms with Crippen molar-refractivity contribution >= 4 is 0 Å². The van der Waals surface area contributed by atoms with Gasteiger partial charge in [-0.2, -0.15) is 0 Å².